The molecule has 0 aliphatic carbocycles. The average Bonchev–Trinajstić information content (AvgIpc) is 2.64. The number of aliphatic hydroxyl groups excluding tert-OH is 1. The SMILES string of the molecule is CCCCOc1cc2c(c(C(C)(C)C)c1)OC(=O)C2O. The van der Waals surface area contributed by atoms with Crippen LogP contribution in [0.1, 0.15) is 57.8 Å². The van der Waals surface area contributed by atoms with Gasteiger partial charge < -0.3 is 14.6 Å². The summed E-state index contributed by atoms with van der Waals surface area (Å²) in [5.74, 6) is 0.550. The van der Waals surface area contributed by atoms with Crippen molar-refractivity contribution in [1.82, 2.24) is 0 Å². The van der Waals surface area contributed by atoms with Gasteiger partial charge in [-0.2, -0.15) is 0 Å². The van der Waals surface area contributed by atoms with Crippen LogP contribution in [0, 0.1) is 0 Å². The van der Waals surface area contributed by atoms with E-state index in [1.807, 2.05) is 26.8 Å². The Morgan fingerprint density at radius 3 is 2.65 bits per heavy atom. The van der Waals surface area contributed by atoms with Crippen molar-refractivity contribution in [3.63, 3.8) is 0 Å². The number of carbonyl (C=O) groups excluding carboxylic acids is 1. The first-order valence-corrected chi connectivity index (χ1v) is 7.05. The summed E-state index contributed by atoms with van der Waals surface area (Å²) < 4.78 is 10.9. The Hall–Kier alpha value is -1.55. The molecular formula is C16H22O4. The number of rotatable bonds is 4. The van der Waals surface area contributed by atoms with E-state index in [2.05, 4.69) is 6.92 Å². The van der Waals surface area contributed by atoms with Crippen molar-refractivity contribution in [3.8, 4) is 11.5 Å². The number of fused-ring (bicyclic) bond motifs is 1. The third kappa shape index (κ3) is 2.80. The molecule has 0 bridgehead atoms. The number of ether oxygens (including phenoxy) is 2. The molecular weight excluding hydrogens is 256 g/mol. The van der Waals surface area contributed by atoms with Gasteiger partial charge in [0.05, 0.1) is 6.61 Å². The van der Waals surface area contributed by atoms with Crippen molar-refractivity contribution in [3.05, 3.63) is 23.3 Å². The van der Waals surface area contributed by atoms with Crippen LogP contribution in [0.15, 0.2) is 12.1 Å². The molecule has 1 aromatic carbocycles. The predicted molar refractivity (Wildman–Crippen MR) is 76.1 cm³/mol. The highest BCUT2D eigenvalue weighted by Crippen LogP contribution is 2.44. The van der Waals surface area contributed by atoms with Gasteiger partial charge in [0.2, 0.25) is 0 Å². The number of benzene rings is 1. The standard InChI is InChI=1S/C16H22O4/c1-5-6-7-19-10-8-11-13(17)15(18)20-14(11)12(9-10)16(2,3)4/h8-9,13,17H,5-7H2,1-4H3. The van der Waals surface area contributed by atoms with Crippen molar-refractivity contribution in [1.29, 1.82) is 0 Å². The minimum absolute atomic E-state index is 0.196. The summed E-state index contributed by atoms with van der Waals surface area (Å²) in [7, 11) is 0. The third-order valence-corrected chi connectivity index (χ3v) is 3.39. The summed E-state index contributed by atoms with van der Waals surface area (Å²) in [5.41, 5.74) is 1.19. The first kappa shape index (κ1) is 14.9. The zero-order valence-electron chi connectivity index (χ0n) is 12.5. The first-order valence-electron chi connectivity index (χ1n) is 7.05. The third-order valence-electron chi connectivity index (χ3n) is 3.39. The summed E-state index contributed by atoms with van der Waals surface area (Å²) in [4.78, 5) is 11.6. The molecule has 4 nitrogen and oxygen atoms in total. The molecule has 4 heteroatoms. The minimum Gasteiger partial charge on any atom is -0.494 e. The summed E-state index contributed by atoms with van der Waals surface area (Å²) in [5, 5.41) is 9.91. The Bertz CT molecular complexity index is 514. The number of carbonyl (C=O) groups is 1. The van der Waals surface area contributed by atoms with E-state index in [1.165, 1.54) is 0 Å². The molecule has 0 aromatic heterocycles. The molecule has 0 radical (unpaired) electrons. The summed E-state index contributed by atoms with van der Waals surface area (Å²) in [6.45, 7) is 8.84. The Labute approximate surface area is 119 Å². The maximum absolute atomic E-state index is 11.6. The molecule has 0 saturated carbocycles. The lowest BCUT2D eigenvalue weighted by Crippen LogP contribution is -2.14. The normalized spacial score (nSPS) is 17.9. The molecule has 20 heavy (non-hydrogen) atoms. The molecule has 0 saturated heterocycles. The van der Waals surface area contributed by atoms with Gasteiger partial charge in [-0.15, -0.1) is 0 Å². The van der Waals surface area contributed by atoms with Crippen LogP contribution >= 0.6 is 0 Å². The highest BCUT2D eigenvalue weighted by Gasteiger charge is 2.36. The van der Waals surface area contributed by atoms with E-state index in [1.54, 1.807) is 6.07 Å². The molecule has 1 atom stereocenters. The highest BCUT2D eigenvalue weighted by molar-refractivity contribution is 5.85. The van der Waals surface area contributed by atoms with E-state index in [0.717, 1.165) is 18.4 Å². The number of aliphatic hydroxyl groups is 1. The van der Waals surface area contributed by atoms with Crippen molar-refractivity contribution >= 4 is 5.97 Å². The minimum atomic E-state index is -1.21. The van der Waals surface area contributed by atoms with Crippen molar-refractivity contribution in [2.45, 2.75) is 52.1 Å². The zero-order valence-corrected chi connectivity index (χ0v) is 12.5. The van der Waals surface area contributed by atoms with Crippen molar-refractivity contribution < 1.29 is 19.4 Å². The monoisotopic (exact) mass is 278 g/mol. The van der Waals surface area contributed by atoms with Crippen molar-refractivity contribution in [2.24, 2.45) is 0 Å². The highest BCUT2D eigenvalue weighted by atomic mass is 16.6. The van der Waals surface area contributed by atoms with E-state index < -0.39 is 12.1 Å². The van der Waals surface area contributed by atoms with Crippen molar-refractivity contribution in [2.75, 3.05) is 6.61 Å². The van der Waals surface area contributed by atoms with Crippen LogP contribution in [0.4, 0.5) is 0 Å². The first-order chi connectivity index (χ1) is 9.34. The van der Waals surface area contributed by atoms with Gasteiger partial charge in [-0.1, -0.05) is 34.1 Å². The Kier molecular flexibility index (Phi) is 4.04. The average molecular weight is 278 g/mol. The molecule has 0 amide bonds. The molecule has 0 spiro atoms. The molecule has 110 valence electrons. The topological polar surface area (TPSA) is 55.8 Å². The van der Waals surface area contributed by atoms with E-state index in [4.69, 9.17) is 9.47 Å². The van der Waals surface area contributed by atoms with Gasteiger partial charge in [0.25, 0.3) is 0 Å². The van der Waals surface area contributed by atoms with Gasteiger partial charge in [0, 0.05) is 11.1 Å². The maximum Gasteiger partial charge on any atom is 0.345 e. The quantitative estimate of drug-likeness (QED) is 0.522. The van der Waals surface area contributed by atoms with Crippen LogP contribution in [-0.4, -0.2) is 17.7 Å². The number of hydrogen-bond acceptors (Lipinski definition) is 4. The fourth-order valence-corrected chi connectivity index (χ4v) is 2.20. The zero-order chi connectivity index (χ0) is 14.9. The Balaban J connectivity index is 2.41. The number of unbranched alkanes of at least 4 members (excludes halogenated alkanes) is 1. The number of hydrogen-bond donors (Lipinski definition) is 1. The molecule has 1 aliphatic rings. The largest absolute Gasteiger partial charge is 0.494 e. The van der Waals surface area contributed by atoms with Gasteiger partial charge in [-0.05, 0) is 24.0 Å². The molecule has 1 aromatic rings. The molecule has 0 fully saturated rings. The molecule has 1 aliphatic heterocycles. The second-order valence-electron chi connectivity index (χ2n) is 6.16. The van der Waals surface area contributed by atoms with E-state index >= 15 is 0 Å². The summed E-state index contributed by atoms with van der Waals surface area (Å²) >= 11 is 0. The lowest BCUT2D eigenvalue weighted by atomic mass is 9.85. The lowest BCUT2D eigenvalue weighted by molar-refractivity contribution is -0.140. The lowest BCUT2D eigenvalue weighted by Gasteiger charge is -2.22. The van der Waals surface area contributed by atoms with Gasteiger partial charge in [-0.25, -0.2) is 4.79 Å². The second kappa shape index (κ2) is 5.44. The Morgan fingerprint density at radius 1 is 1.35 bits per heavy atom. The maximum atomic E-state index is 11.6. The summed E-state index contributed by atoms with van der Waals surface area (Å²) in [6.07, 6.45) is 0.821. The van der Waals surface area contributed by atoms with Crippen LogP contribution < -0.4 is 9.47 Å². The number of esters is 1. The Morgan fingerprint density at radius 2 is 2.05 bits per heavy atom. The fraction of sp³-hybridized carbons (Fsp3) is 0.562. The van der Waals surface area contributed by atoms with Gasteiger partial charge in [0.1, 0.15) is 11.5 Å². The van der Waals surface area contributed by atoms with Gasteiger partial charge >= 0.3 is 5.97 Å². The molecule has 2 rings (SSSR count). The molecule has 1 unspecified atom stereocenters. The van der Waals surface area contributed by atoms with Crippen LogP contribution in [0.5, 0.6) is 11.5 Å². The van der Waals surface area contributed by atoms with E-state index in [-0.39, 0.29) is 5.41 Å². The second-order valence-corrected chi connectivity index (χ2v) is 6.16. The van der Waals surface area contributed by atoms with E-state index in [0.29, 0.717) is 23.7 Å². The fourth-order valence-electron chi connectivity index (χ4n) is 2.20. The van der Waals surface area contributed by atoms with Gasteiger partial charge in [0.15, 0.2) is 6.10 Å². The van der Waals surface area contributed by atoms with Gasteiger partial charge in [-0.3, -0.25) is 0 Å². The molecule has 1 heterocycles. The van der Waals surface area contributed by atoms with Crippen LogP contribution in [0.2, 0.25) is 0 Å². The van der Waals surface area contributed by atoms with Crippen LogP contribution in [0.3, 0.4) is 0 Å². The summed E-state index contributed by atoms with van der Waals surface area (Å²) in [6, 6.07) is 3.61. The van der Waals surface area contributed by atoms with Crippen LogP contribution in [-0.2, 0) is 10.2 Å². The van der Waals surface area contributed by atoms with Crippen LogP contribution in [0.25, 0.3) is 0 Å². The smallest absolute Gasteiger partial charge is 0.345 e. The van der Waals surface area contributed by atoms with E-state index in [9.17, 15) is 9.90 Å². The predicted octanol–water partition coefficient (Wildman–Crippen LogP) is 3.12. The molecule has 1 N–H and O–H groups in total.